The van der Waals surface area contributed by atoms with Crippen molar-refractivity contribution < 1.29 is 237 Å². The minimum atomic E-state index is -5.25. The number of halogens is 16. The monoisotopic (exact) mass is 1820 g/mol. The van der Waals surface area contributed by atoms with E-state index >= 15 is 0 Å². The van der Waals surface area contributed by atoms with Gasteiger partial charge >= 0.3 is 125 Å². The fraction of sp³-hybridized carbons (Fsp3) is 0.702. The van der Waals surface area contributed by atoms with Crippen LogP contribution in [0.25, 0.3) is 0 Å². The van der Waals surface area contributed by atoms with E-state index in [0.717, 1.165) is 25.3 Å². The number of methoxy groups -OCH3 is 2. The number of carbonyl (C=O) groups excluding carboxylic acids is 11. The van der Waals surface area contributed by atoms with Crippen LogP contribution < -0.4 is 42.5 Å². The molecular weight excluding hydrogens is 1700 g/mol. The molecule has 0 aromatic carbocycles. The second-order valence-electron chi connectivity index (χ2n) is 16.8. The van der Waals surface area contributed by atoms with Gasteiger partial charge in [0.05, 0.1) is 77.9 Å². The number of esters is 5. The first-order valence-electron chi connectivity index (χ1n) is 35.5. The van der Waals surface area contributed by atoms with E-state index in [-0.39, 0.29) is 68.4 Å². The van der Waals surface area contributed by atoms with Gasteiger partial charge in [-0.3, -0.25) is 57.5 Å². The number of alkyl halides is 15. The molecule has 0 aliphatic carbocycles. The van der Waals surface area contributed by atoms with Crippen molar-refractivity contribution in [3.63, 3.8) is 0 Å². The Hall–Kier alpha value is -8.01. The predicted octanol–water partition coefficient (Wildman–Crippen LogP) is 0.775. The van der Waals surface area contributed by atoms with Gasteiger partial charge in [-0.05, 0) is 53.2 Å². The molecule has 0 aromatic heterocycles. The SMILES string of the molecule is COC(=O)[C@H](CO)NCl.[2H]C[C@@H](COC(=O)CCC(=O)NC)NC(=O)C(F)(F)F.[2H]C[C@@H](COPOCCC#N)NC(=O)C(F)(F)F.[2H]C[C@H](N)C(=O)O.[2H]C[C@H](NC(=O)C(F)(F)F)C(=O)O.[2H]C[C@H](NC(=O)C(F)(F)F)C(=O)OC.[2H]C[C@H](NC(=O)C(F)(F)F)C(=O)OC(=O)CCC(=O)O.[3H]OC.[3H]OC.[3H]OC.[3H]OC.[3H]OC.[3H]OC.[CH2-]CC.[CH2-]CC.[Ni+2]. The molecule has 0 heterocycles. The van der Waals surface area contributed by atoms with Crippen molar-refractivity contribution in [2.75, 3.05) is 90.4 Å². The maximum absolute atomic E-state index is 12.0. The van der Waals surface area contributed by atoms with Gasteiger partial charge in [0.2, 0.25) is 14.5 Å². The van der Waals surface area contributed by atoms with Gasteiger partial charge < -0.3 is 131 Å². The molecule has 0 bridgehead atoms. The number of aliphatic carboxylic acids is 3. The van der Waals surface area contributed by atoms with E-state index in [0.29, 0.717) is 0 Å². The standard InChI is InChI=1S/C10H15F3N2O4.C9H10F3NO6.C8H12F3N2O3P.C6H8F3NO3.C5H6F3NO3.C4H8ClNO3.C3H7NO2.2C3H7.6CH4O.Ni/c1-6(15-9(18)10(11,12)13)5-19-8(17)4-3-7(16)14-2;1-4(13-8(18)9(10,11)12)7(17)19-6(16)3-2-5(14)15;1-6(13-7(14)8(9,10)11)5-16-17-15-4-2-3-12;1-3(4(11)13-2)10-5(12)6(7,8)9;1-2(3(10)11)9-4(12)5(6,7)8;1-9-4(8)3(2-7)6-5;1-2(4)3(5)6;2*1-3-2;6*1-2;/h6H,3-5H2,1-2H3,(H,14,16)(H,15,18);4H,2-3H2,1H3,(H,13,18)(H,14,15);6,17H,2,4-5H2,1H3,(H,13,14);3H,1-2H3,(H,10,12);2H,1H3,(H,9,12)(H,10,11);3,6-7H,2H2,1H3;2H,4H2,1H3,(H,5,6);2*1,3H2,2H3;6*2H,1H3;/q;;;;;;;2*-1;;;;;;;+2/t6-;4-;6-;3-;2-;3-;2-;;;;;;;;;/m0000000........./s1/i5*1D;;1D;;;6*2T;. The fourth-order valence-electron chi connectivity index (χ4n) is 3.32. The Morgan fingerprint density at radius 3 is 1.12 bits per heavy atom. The van der Waals surface area contributed by atoms with Crippen molar-refractivity contribution in [1.29, 1.82) is 13.8 Å². The Balaban J connectivity index is -0.0000000776. The number of hydrogen-bond acceptors (Lipinski definition) is 30. The van der Waals surface area contributed by atoms with Crippen LogP contribution in [0.2, 0.25) is 0 Å². The normalized spacial score (nSPS) is 12.9. The van der Waals surface area contributed by atoms with Crippen molar-refractivity contribution in [3.05, 3.63) is 13.8 Å². The van der Waals surface area contributed by atoms with E-state index < -0.39 is 213 Å². The number of ether oxygens (including phenoxy) is 4. The number of nitrogens with one attached hydrogen (secondary N) is 7. The maximum Gasteiger partial charge on any atom is 2.00 e. The van der Waals surface area contributed by atoms with Gasteiger partial charge in [-0.1, -0.05) is 13.8 Å². The topological polar surface area (TPSA) is 631 Å². The first-order chi connectivity index (χ1) is 57.5. The molecular formula is C57H104ClF15N9NiO30P. The third-order valence-corrected chi connectivity index (χ3v) is 8.69. The molecule has 8 atom stereocenters. The zero-order chi connectivity index (χ0) is 102. The number of aliphatic hydroxyl groups excluding tert-OH is 7. The largest absolute Gasteiger partial charge is 2.00 e. The first kappa shape index (κ1) is 112. The molecule has 0 radical (unpaired) electrons. The number of nitriles is 1. The second kappa shape index (κ2) is 92.2. The summed E-state index contributed by atoms with van der Waals surface area (Å²) in [5, 5.41) is 71.0. The molecule has 114 heavy (non-hydrogen) atoms. The molecule has 0 fully saturated rings. The van der Waals surface area contributed by atoms with Crippen LogP contribution in [0.5, 0.6) is 0 Å². The minimum absolute atomic E-state index is 0. The third-order valence-electron chi connectivity index (χ3n) is 7.82. The molecule has 6 amide bonds. The van der Waals surface area contributed by atoms with Crippen molar-refractivity contribution >= 4 is 104 Å². The summed E-state index contributed by atoms with van der Waals surface area (Å²) in [6, 6.07) is -7.70. The summed E-state index contributed by atoms with van der Waals surface area (Å²) in [5.41, 5.74) is 4.83. The summed E-state index contributed by atoms with van der Waals surface area (Å²) in [6.07, 6.45) is -24.9. The Labute approximate surface area is 679 Å². The average Bonchev–Trinajstić information content (AvgIpc) is 0.889. The van der Waals surface area contributed by atoms with Crippen molar-refractivity contribution in [3.8, 4) is 6.07 Å². The molecule has 0 aliphatic heterocycles. The van der Waals surface area contributed by atoms with E-state index in [1.807, 2.05) is 19.9 Å². The van der Waals surface area contributed by atoms with Crippen LogP contribution in [-0.4, -0.2) is 306 Å². The summed E-state index contributed by atoms with van der Waals surface area (Å²) < 4.78 is 278. The average molecular weight is 1820 g/mol. The quantitative estimate of drug-likeness (QED) is 0.00655. The van der Waals surface area contributed by atoms with Gasteiger partial charge in [-0.15, -0.1) is 0 Å². The van der Waals surface area contributed by atoms with Crippen LogP contribution in [0.4, 0.5) is 65.9 Å². The third kappa shape index (κ3) is 113. The van der Waals surface area contributed by atoms with Crippen LogP contribution in [0.1, 0.15) is 108 Å². The minimum Gasteiger partial charge on any atom is -0.481 e. The molecule has 19 N–H and O–H groups in total. The molecule has 0 aromatic rings. The van der Waals surface area contributed by atoms with Gasteiger partial charge in [-0.25, -0.2) is 14.4 Å². The Morgan fingerprint density at radius 2 is 0.868 bits per heavy atom. The van der Waals surface area contributed by atoms with Crippen LogP contribution in [0.15, 0.2) is 0 Å². The second-order valence-corrected chi connectivity index (χ2v) is 17.7. The zero-order valence-electron chi connectivity index (χ0n) is 74.3. The summed E-state index contributed by atoms with van der Waals surface area (Å²) >= 11 is 5.03. The number of carboxylic acids is 3. The summed E-state index contributed by atoms with van der Waals surface area (Å²) in [7, 11) is 10.9. The molecule has 39 nitrogen and oxygen atoms in total. The number of aliphatic hydroxyl groups is 7. The number of carbonyl (C=O) groups is 14. The van der Waals surface area contributed by atoms with E-state index in [1.54, 1.807) is 5.32 Å². The van der Waals surface area contributed by atoms with Gasteiger partial charge in [0, 0.05) is 64.4 Å². The Bertz CT molecular complexity index is 2790. The van der Waals surface area contributed by atoms with Crippen LogP contribution in [0.3, 0.4) is 0 Å². The van der Waals surface area contributed by atoms with Crippen LogP contribution >= 0.6 is 20.8 Å². The number of rotatable bonds is 26. The molecule has 0 aliphatic rings. The molecule has 0 spiro atoms. The van der Waals surface area contributed by atoms with Gasteiger partial charge in [0.15, 0.2) is 9.03 Å². The summed E-state index contributed by atoms with van der Waals surface area (Å²) in [4.78, 5) is 149. The molecule has 684 valence electrons. The number of amides is 6. The van der Waals surface area contributed by atoms with Gasteiger partial charge in [0.25, 0.3) is 0 Å². The van der Waals surface area contributed by atoms with E-state index in [9.17, 15) is 133 Å². The summed E-state index contributed by atoms with van der Waals surface area (Å²) in [6.45, 7) is 6.17. The maximum atomic E-state index is 12.0. The smallest absolute Gasteiger partial charge is 0.481 e. The number of hydrogen-bond donors (Lipinski definition) is 18. The van der Waals surface area contributed by atoms with Gasteiger partial charge in [-0.2, -0.15) is 84.0 Å². The molecule has 0 rings (SSSR count). The number of nitrogens with two attached hydrogens (primary N) is 1. The van der Waals surface area contributed by atoms with Crippen molar-refractivity contribution in [1.82, 2.24) is 36.7 Å². The first-order valence-corrected chi connectivity index (χ1v) is 30.0. The molecule has 1 unspecified atom stereocenters. The van der Waals surface area contributed by atoms with E-state index in [2.05, 4.69) is 73.6 Å². The van der Waals surface area contributed by atoms with Crippen molar-refractivity contribution in [2.45, 2.75) is 173 Å². The predicted molar refractivity (Wildman–Crippen MR) is 364 cm³/mol. The molecule has 0 saturated carbocycles. The van der Waals surface area contributed by atoms with Crippen molar-refractivity contribution in [2.24, 2.45) is 5.73 Å². The van der Waals surface area contributed by atoms with Crippen LogP contribution in [-0.2, 0) is 112 Å². The number of carboxylic acid groups (broad SMARTS) is 3. The van der Waals surface area contributed by atoms with Crippen LogP contribution in [0, 0.1) is 25.2 Å². The number of nitrogens with zero attached hydrogens (tertiary/aromatic N) is 1. The molecule has 57 heteroatoms. The Morgan fingerprint density at radius 1 is 0.535 bits per heavy atom. The van der Waals surface area contributed by atoms with Gasteiger partial charge in [0.1, 0.15) is 36.8 Å². The van der Waals surface area contributed by atoms with E-state index in [4.69, 9.17) is 69.1 Å². The fourth-order valence-corrected chi connectivity index (χ4v) is 4.02. The zero-order valence-corrected chi connectivity index (χ0v) is 65.0. The Kier molecular flexibility index (Phi) is 90.8. The molecule has 0 saturated heterocycles. The van der Waals surface area contributed by atoms with E-state index in [1.165, 1.54) is 72.8 Å². The summed E-state index contributed by atoms with van der Waals surface area (Å²) in [5.74, 6) is -21.2.